The van der Waals surface area contributed by atoms with Gasteiger partial charge in [0, 0.05) is 10.5 Å². The van der Waals surface area contributed by atoms with Crippen LogP contribution in [0.2, 0.25) is 0 Å². The molecule has 1 aliphatic carbocycles. The fourth-order valence-electron chi connectivity index (χ4n) is 2.02. The van der Waals surface area contributed by atoms with Crippen molar-refractivity contribution in [1.82, 2.24) is 0 Å². The lowest BCUT2D eigenvalue weighted by molar-refractivity contribution is -0.568. The van der Waals surface area contributed by atoms with Crippen molar-refractivity contribution in [1.29, 1.82) is 0 Å². The molecular formula is C13H10NO3. The molecule has 2 rings (SSSR count). The molecule has 1 aromatic rings. The normalized spacial score (nSPS) is 26.7. The molecule has 0 saturated heterocycles. The third-order valence-corrected chi connectivity index (χ3v) is 2.90. The number of nitrogens with zero attached hydrogens (tertiary/aromatic N) is 1. The number of allylic oxidation sites excluding steroid dienone is 2. The predicted molar refractivity (Wildman–Crippen MR) is 62.6 cm³/mol. The second-order valence-electron chi connectivity index (χ2n) is 3.79. The molecule has 2 unspecified atom stereocenters. The maximum absolute atomic E-state index is 11.4. The lowest BCUT2D eigenvalue weighted by Crippen LogP contribution is -2.42. The SMILES string of the molecule is O=[C]C1C=CC=CC1(c1ccccc1)[N+](=O)[O-]. The molecule has 2 atom stereocenters. The average Bonchev–Trinajstić information content (AvgIpc) is 2.39. The second-order valence-corrected chi connectivity index (χ2v) is 3.79. The Kier molecular flexibility index (Phi) is 2.87. The number of nitro groups is 1. The topological polar surface area (TPSA) is 60.2 Å². The summed E-state index contributed by atoms with van der Waals surface area (Å²) in [6, 6.07) is 8.51. The highest BCUT2D eigenvalue weighted by atomic mass is 16.6. The highest BCUT2D eigenvalue weighted by molar-refractivity contribution is 5.63. The van der Waals surface area contributed by atoms with E-state index in [0.29, 0.717) is 5.56 Å². The summed E-state index contributed by atoms with van der Waals surface area (Å²) in [5.41, 5.74) is -1.04. The molecule has 4 heteroatoms. The maximum atomic E-state index is 11.4. The second kappa shape index (κ2) is 4.33. The van der Waals surface area contributed by atoms with Crippen molar-refractivity contribution in [2.24, 2.45) is 5.92 Å². The Bertz CT molecular complexity index is 493. The first kappa shape index (κ1) is 11.3. The summed E-state index contributed by atoms with van der Waals surface area (Å²) >= 11 is 0. The molecular weight excluding hydrogens is 218 g/mol. The Labute approximate surface area is 98.4 Å². The third-order valence-electron chi connectivity index (χ3n) is 2.90. The monoisotopic (exact) mass is 228 g/mol. The van der Waals surface area contributed by atoms with Crippen LogP contribution in [-0.4, -0.2) is 11.2 Å². The molecule has 0 aromatic heterocycles. The lowest BCUT2D eigenvalue weighted by atomic mass is 9.76. The van der Waals surface area contributed by atoms with E-state index in [1.165, 1.54) is 12.2 Å². The van der Waals surface area contributed by atoms with Crippen molar-refractivity contribution in [3.8, 4) is 0 Å². The summed E-state index contributed by atoms with van der Waals surface area (Å²) in [5, 5.41) is 11.4. The van der Waals surface area contributed by atoms with E-state index < -0.39 is 16.4 Å². The largest absolute Gasteiger partial charge is 0.290 e. The fourth-order valence-corrected chi connectivity index (χ4v) is 2.02. The van der Waals surface area contributed by atoms with E-state index in [9.17, 15) is 14.9 Å². The van der Waals surface area contributed by atoms with E-state index in [4.69, 9.17) is 0 Å². The molecule has 0 amide bonds. The van der Waals surface area contributed by atoms with Gasteiger partial charge in [0.1, 0.15) is 5.92 Å². The Morgan fingerprint density at radius 2 is 1.94 bits per heavy atom. The number of benzene rings is 1. The fraction of sp³-hybridized carbons (Fsp3) is 0.154. The van der Waals surface area contributed by atoms with Crippen LogP contribution in [0.25, 0.3) is 0 Å². The molecule has 0 saturated carbocycles. The van der Waals surface area contributed by atoms with Gasteiger partial charge in [0.25, 0.3) is 5.54 Å². The molecule has 17 heavy (non-hydrogen) atoms. The zero-order chi connectivity index (χ0) is 12.3. The van der Waals surface area contributed by atoms with Crippen LogP contribution in [0.15, 0.2) is 54.6 Å². The van der Waals surface area contributed by atoms with E-state index >= 15 is 0 Å². The molecule has 1 aliphatic rings. The molecule has 0 bridgehead atoms. The summed E-state index contributed by atoms with van der Waals surface area (Å²) in [7, 11) is 0. The van der Waals surface area contributed by atoms with Crippen molar-refractivity contribution in [3.63, 3.8) is 0 Å². The zero-order valence-corrected chi connectivity index (χ0v) is 8.95. The molecule has 0 fully saturated rings. The summed E-state index contributed by atoms with van der Waals surface area (Å²) in [5.74, 6) is -0.898. The highest BCUT2D eigenvalue weighted by Crippen LogP contribution is 2.36. The number of hydrogen-bond acceptors (Lipinski definition) is 3. The molecule has 0 heterocycles. The number of carbonyl (C=O) groups excluding carboxylic acids is 1. The quantitative estimate of drug-likeness (QED) is 0.587. The van der Waals surface area contributed by atoms with Crippen molar-refractivity contribution < 1.29 is 9.72 Å². The van der Waals surface area contributed by atoms with Gasteiger partial charge in [-0.2, -0.15) is 0 Å². The number of hydrogen-bond donors (Lipinski definition) is 0. The minimum atomic E-state index is -1.53. The van der Waals surface area contributed by atoms with Crippen LogP contribution >= 0.6 is 0 Å². The molecule has 4 nitrogen and oxygen atoms in total. The van der Waals surface area contributed by atoms with Crippen LogP contribution in [0.1, 0.15) is 5.56 Å². The molecule has 85 valence electrons. The van der Waals surface area contributed by atoms with Gasteiger partial charge in [-0.3, -0.25) is 14.9 Å². The van der Waals surface area contributed by atoms with Gasteiger partial charge >= 0.3 is 0 Å². The van der Waals surface area contributed by atoms with Gasteiger partial charge in [0.2, 0.25) is 6.29 Å². The molecule has 1 aromatic carbocycles. The van der Waals surface area contributed by atoms with E-state index in [1.807, 2.05) is 0 Å². The van der Waals surface area contributed by atoms with Gasteiger partial charge in [-0.1, -0.05) is 48.6 Å². The van der Waals surface area contributed by atoms with Gasteiger partial charge in [-0.25, -0.2) is 0 Å². The van der Waals surface area contributed by atoms with Crippen molar-refractivity contribution in [3.05, 3.63) is 70.3 Å². The first-order valence-electron chi connectivity index (χ1n) is 5.15. The average molecular weight is 228 g/mol. The zero-order valence-electron chi connectivity index (χ0n) is 8.95. The highest BCUT2D eigenvalue weighted by Gasteiger charge is 2.50. The third kappa shape index (κ3) is 1.67. The van der Waals surface area contributed by atoms with Gasteiger partial charge in [0.05, 0.1) is 0 Å². The van der Waals surface area contributed by atoms with Crippen LogP contribution in [0.3, 0.4) is 0 Å². The van der Waals surface area contributed by atoms with Crippen LogP contribution in [0.4, 0.5) is 0 Å². The van der Waals surface area contributed by atoms with Crippen LogP contribution in [-0.2, 0) is 10.3 Å². The summed E-state index contributed by atoms with van der Waals surface area (Å²) in [6.45, 7) is 0. The standard InChI is InChI=1S/C13H10NO3/c15-10-12-8-4-5-9-13(12,14(16)17)11-6-2-1-3-7-11/h1-9,12H. The van der Waals surface area contributed by atoms with Crippen molar-refractivity contribution in [2.75, 3.05) is 0 Å². The van der Waals surface area contributed by atoms with Crippen LogP contribution in [0.5, 0.6) is 0 Å². The maximum Gasteiger partial charge on any atom is 0.279 e. The van der Waals surface area contributed by atoms with E-state index in [2.05, 4.69) is 0 Å². The van der Waals surface area contributed by atoms with Crippen LogP contribution < -0.4 is 0 Å². The first-order chi connectivity index (χ1) is 8.21. The Morgan fingerprint density at radius 3 is 2.53 bits per heavy atom. The van der Waals surface area contributed by atoms with E-state index in [1.54, 1.807) is 48.8 Å². The molecule has 0 aliphatic heterocycles. The minimum Gasteiger partial charge on any atom is -0.290 e. The summed E-state index contributed by atoms with van der Waals surface area (Å²) in [6.07, 6.45) is 7.90. The van der Waals surface area contributed by atoms with Gasteiger partial charge in [-0.15, -0.1) is 0 Å². The number of rotatable bonds is 3. The predicted octanol–water partition coefficient (Wildman–Crippen LogP) is 2.01. The molecule has 0 spiro atoms. The van der Waals surface area contributed by atoms with Gasteiger partial charge in [-0.05, 0) is 6.08 Å². The minimum absolute atomic E-state index is 0.433. The Morgan fingerprint density at radius 1 is 1.24 bits per heavy atom. The first-order valence-corrected chi connectivity index (χ1v) is 5.15. The Balaban J connectivity index is 2.61. The van der Waals surface area contributed by atoms with E-state index in [-0.39, 0.29) is 0 Å². The van der Waals surface area contributed by atoms with Crippen LogP contribution in [0, 0.1) is 16.0 Å². The molecule has 0 N–H and O–H groups in total. The lowest BCUT2D eigenvalue weighted by Gasteiger charge is -2.27. The van der Waals surface area contributed by atoms with Gasteiger partial charge in [0.15, 0.2) is 0 Å². The van der Waals surface area contributed by atoms with Gasteiger partial charge < -0.3 is 0 Å². The van der Waals surface area contributed by atoms with E-state index in [0.717, 1.165) is 0 Å². The summed E-state index contributed by atoms with van der Waals surface area (Å²) in [4.78, 5) is 21.9. The Hall–Kier alpha value is -2.23. The molecule has 1 radical (unpaired) electrons. The smallest absolute Gasteiger partial charge is 0.279 e. The van der Waals surface area contributed by atoms with Crippen molar-refractivity contribution in [2.45, 2.75) is 5.54 Å². The summed E-state index contributed by atoms with van der Waals surface area (Å²) < 4.78 is 0. The van der Waals surface area contributed by atoms with Crippen molar-refractivity contribution >= 4 is 6.29 Å².